The zero-order valence-corrected chi connectivity index (χ0v) is 24.9. The average Bonchev–Trinajstić information content (AvgIpc) is 3.75. The van der Waals surface area contributed by atoms with Gasteiger partial charge in [-0.25, -0.2) is 24.5 Å². The molecule has 228 valence electrons. The Morgan fingerprint density at radius 3 is 2.31 bits per heavy atom. The highest BCUT2D eigenvalue weighted by Crippen LogP contribution is 2.38. The molecule has 2 aliphatic heterocycles. The fraction of sp³-hybridized carbons (Fsp3) is 0.565. The maximum Gasteiger partial charge on any atom is 0.469 e. The maximum atomic E-state index is 11.7. The van der Waals surface area contributed by atoms with Crippen LogP contribution in [0.5, 0.6) is 0 Å². The predicted octanol–water partition coefficient (Wildman–Crippen LogP) is 1.79. The van der Waals surface area contributed by atoms with Crippen LogP contribution in [0, 0.1) is 0 Å². The number of hydrogen-bond acceptors (Lipinski definition) is 12. The lowest BCUT2D eigenvalue weighted by molar-refractivity contribution is -0.0205. The fourth-order valence-electron chi connectivity index (χ4n) is 4.91. The van der Waals surface area contributed by atoms with Crippen LogP contribution in [0.3, 0.4) is 0 Å². The number of aromatic amines is 1. The Morgan fingerprint density at radius 2 is 1.67 bits per heavy atom. The van der Waals surface area contributed by atoms with Gasteiger partial charge in [-0.2, -0.15) is 4.98 Å². The molecule has 0 aliphatic carbocycles. The molecular formula is C23H33N9O8P2. The first-order chi connectivity index (χ1) is 20.2. The summed E-state index contributed by atoms with van der Waals surface area (Å²) in [5, 5.41) is 0. The van der Waals surface area contributed by atoms with Crippen LogP contribution < -0.4 is 11.3 Å². The van der Waals surface area contributed by atoms with Crippen molar-refractivity contribution < 1.29 is 32.9 Å². The van der Waals surface area contributed by atoms with E-state index in [0.717, 1.165) is 30.5 Å². The number of anilines is 1. The Morgan fingerprint density at radius 1 is 1.02 bits per heavy atom. The summed E-state index contributed by atoms with van der Waals surface area (Å²) in [6.45, 7) is 4.44. The number of fused-ring (bicyclic) bond motifs is 2. The van der Waals surface area contributed by atoms with E-state index in [1.807, 2.05) is 18.2 Å². The van der Waals surface area contributed by atoms with Crippen LogP contribution in [-0.4, -0.2) is 80.9 Å². The Hall–Kier alpha value is -2.88. The normalized spacial score (nSPS) is 22.9. The van der Waals surface area contributed by atoms with E-state index >= 15 is 0 Å². The second kappa shape index (κ2) is 13.2. The van der Waals surface area contributed by atoms with Crippen molar-refractivity contribution in [1.82, 2.24) is 39.0 Å². The number of aryl methyl sites for hydroxylation is 1. The van der Waals surface area contributed by atoms with Crippen molar-refractivity contribution in [3.63, 3.8) is 0 Å². The molecule has 5 unspecified atom stereocenters. The first kappa shape index (κ1) is 30.6. The standard InChI is InChI=1S/C12H17N4O5P.C11H16N5O3P/c1-2-9-11-12(14-6-13-9)16(7-15-11)10-4-3-8(21-10)5-20-22(17,18)19;1-20-18-4-6-2-3-7(19-6)16-5-13-8-9(16)14-11(12)15-10(8)17/h6-8,10H,2-5H2,1H3,(H2,17,18,19);5-7,20H,2-4H2,1H3,(H3,12,14,15,17). The zero-order valence-electron chi connectivity index (χ0n) is 23.0. The molecule has 19 heteroatoms. The number of nitrogen functional groups attached to an aromatic ring is 1. The van der Waals surface area contributed by atoms with Gasteiger partial charge in [0.15, 0.2) is 16.8 Å². The van der Waals surface area contributed by atoms with Gasteiger partial charge in [0.2, 0.25) is 5.95 Å². The van der Waals surface area contributed by atoms with Gasteiger partial charge in [-0.05, 0) is 38.8 Å². The molecule has 6 rings (SSSR count). The number of ether oxygens (including phenoxy) is 2. The number of rotatable bonds is 9. The van der Waals surface area contributed by atoms with Crippen LogP contribution in [-0.2, 0) is 29.5 Å². The lowest BCUT2D eigenvalue weighted by atomic mass is 10.2. The van der Waals surface area contributed by atoms with Gasteiger partial charge in [0.05, 0.1) is 43.8 Å². The Kier molecular flexibility index (Phi) is 9.60. The number of phosphoric acid groups is 1. The monoisotopic (exact) mass is 625 g/mol. The van der Waals surface area contributed by atoms with Gasteiger partial charge in [-0.1, -0.05) is 6.92 Å². The second-order valence-electron chi connectivity index (χ2n) is 9.65. The summed E-state index contributed by atoms with van der Waals surface area (Å²) in [5.74, 6) is 0.0781. The summed E-state index contributed by atoms with van der Waals surface area (Å²) < 4.78 is 35.9. The fourth-order valence-corrected chi connectivity index (χ4v) is 5.62. The van der Waals surface area contributed by atoms with Crippen molar-refractivity contribution in [3.05, 3.63) is 35.0 Å². The third kappa shape index (κ3) is 7.01. The highest BCUT2D eigenvalue weighted by atomic mass is 31.2. The van der Waals surface area contributed by atoms with Gasteiger partial charge in [0.25, 0.3) is 5.56 Å². The van der Waals surface area contributed by atoms with Crippen LogP contribution in [0.4, 0.5) is 5.95 Å². The van der Waals surface area contributed by atoms with E-state index in [0.29, 0.717) is 39.6 Å². The molecule has 5 N–H and O–H groups in total. The number of aromatic nitrogens is 8. The predicted molar refractivity (Wildman–Crippen MR) is 152 cm³/mol. The molecule has 0 amide bonds. The third-order valence-electron chi connectivity index (χ3n) is 6.85. The Balaban J connectivity index is 0.000000169. The minimum atomic E-state index is -4.47. The molecule has 5 atom stereocenters. The van der Waals surface area contributed by atoms with E-state index in [1.165, 1.54) is 6.33 Å². The molecule has 4 aromatic rings. The molecular weight excluding hydrogens is 592 g/mol. The molecule has 17 nitrogen and oxygen atoms in total. The second-order valence-corrected chi connectivity index (χ2v) is 11.6. The molecule has 0 bridgehead atoms. The van der Waals surface area contributed by atoms with E-state index in [-0.39, 0.29) is 48.3 Å². The van der Waals surface area contributed by atoms with Crippen LogP contribution in [0.15, 0.2) is 23.8 Å². The van der Waals surface area contributed by atoms with Gasteiger partial charge in [-0.15, -0.1) is 0 Å². The quantitative estimate of drug-likeness (QED) is 0.195. The van der Waals surface area contributed by atoms with Crippen molar-refractivity contribution >= 4 is 44.9 Å². The van der Waals surface area contributed by atoms with E-state index in [1.54, 1.807) is 17.2 Å². The first-order valence-electron chi connectivity index (χ1n) is 13.3. The SMILES string of the molecule is CCc1ncnc2c1ncn2C1CCC(COP(=O)(O)O)O1.CPOCC1CCC(n2cnc3c(=O)[nH]c(N)nc32)O1. The molecule has 42 heavy (non-hydrogen) atoms. The van der Waals surface area contributed by atoms with Gasteiger partial charge >= 0.3 is 7.82 Å². The number of H-pyrrole nitrogens is 1. The molecule has 6 heterocycles. The highest BCUT2D eigenvalue weighted by Gasteiger charge is 2.31. The Bertz CT molecular complexity index is 1620. The van der Waals surface area contributed by atoms with E-state index in [2.05, 4.69) is 34.4 Å². The van der Waals surface area contributed by atoms with Gasteiger partial charge < -0.3 is 29.5 Å². The minimum absolute atomic E-state index is 0.0734. The molecule has 0 saturated carbocycles. The van der Waals surface area contributed by atoms with Crippen molar-refractivity contribution in [3.8, 4) is 0 Å². The molecule has 2 saturated heterocycles. The van der Waals surface area contributed by atoms with Crippen LogP contribution in [0.2, 0.25) is 0 Å². The summed E-state index contributed by atoms with van der Waals surface area (Å²) >= 11 is 0. The minimum Gasteiger partial charge on any atom is -0.369 e. The molecule has 0 spiro atoms. The lowest BCUT2D eigenvalue weighted by Gasteiger charge is -2.15. The van der Waals surface area contributed by atoms with Crippen molar-refractivity contribution in [2.75, 3.05) is 25.6 Å². The van der Waals surface area contributed by atoms with E-state index in [9.17, 15) is 9.36 Å². The number of nitrogens with two attached hydrogens (primary N) is 1. The first-order valence-corrected chi connectivity index (χ1v) is 16.3. The molecule has 2 aliphatic rings. The topological polar surface area (TPSA) is 228 Å². The maximum absolute atomic E-state index is 11.7. The molecule has 0 radical (unpaired) electrons. The number of nitrogens with one attached hydrogen (secondary N) is 1. The average molecular weight is 626 g/mol. The molecule has 2 fully saturated rings. The number of nitrogens with zero attached hydrogens (tertiary/aromatic N) is 7. The summed E-state index contributed by atoms with van der Waals surface area (Å²) in [4.78, 5) is 52.6. The zero-order chi connectivity index (χ0) is 29.9. The van der Waals surface area contributed by atoms with Crippen molar-refractivity contribution in [2.45, 2.75) is 63.7 Å². The number of imidazole rings is 2. The summed E-state index contributed by atoms with van der Waals surface area (Å²) in [7, 11) is -4.01. The summed E-state index contributed by atoms with van der Waals surface area (Å²) in [6, 6.07) is 0. The van der Waals surface area contributed by atoms with Crippen LogP contribution in [0.1, 0.15) is 50.8 Å². The number of phosphoric ester groups is 1. The number of hydrogen-bond donors (Lipinski definition) is 4. The smallest absolute Gasteiger partial charge is 0.369 e. The van der Waals surface area contributed by atoms with E-state index in [4.69, 9.17) is 29.5 Å². The molecule has 0 aromatic carbocycles. The lowest BCUT2D eigenvalue weighted by Crippen LogP contribution is -2.16. The van der Waals surface area contributed by atoms with Crippen molar-refractivity contribution in [2.24, 2.45) is 0 Å². The molecule has 4 aromatic heterocycles. The Labute approximate surface area is 241 Å². The van der Waals surface area contributed by atoms with E-state index < -0.39 is 7.82 Å². The van der Waals surface area contributed by atoms with Gasteiger partial charge in [-0.3, -0.25) is 23.4 Å². The summed E-state index contributed by atoms with van der Waals surface area (Å²) in [6.07, 6.45) is 7.86. The van der Waals surface area contributed by atoms with Crippen LogP contribution >= 0.6 is 16.6 Å². The van der Waals surface area contributed by atoms with Crippen molar-refractivity contribution in [1.29, 1.82) is 0 Å². The van der Waals surface area contributed by atoms with Gasteiger partial charge in [0.1, 0.15) is 24.3 Å². The summed E-state index contributed by atoms with van der Waals surface area (Å²) in [5.41, 5.74) is 8.30. The van der Waals surface area contributed by atoms with Crippen LogP contribution in [0.25, 0.3) is 22.3 Å². The van der Waals surface area contributed by atoms with Gasteiger partial charge in [0, 0.05) is 8.81 Å². The highest BCUT2D eigenvalue weighted by molar-refractivity contribution is 7.46. The largest absolute Gasteiger partial charge is 0.469 e. The third-order valence-corrected chi connectivity index (χ3v) is 7.79.